The van der Waals surface area contributed by atoms with Gasteiger partial charge in [0.1, 0.15) is 17.7 Å². The highest BCUT2D eigenvalue weighted by Crippen LogP contribution is 2.24. The lowest BCUT2D eigenvalue weighted by Gasteiger charge is -2.32. The van der Waals surface area contributed by atoms with E-state index in [0.717, 1.165) is 54.6 Å². The standard InChI is InChI=1S/C21H21FN2O.C2HF3O2/c22-19-3-1-2-16(12-19)15-24-10-7-20(8-11-24)25-21-5-4-18-14-23-9-6-17(18)13-21;3-2(4,5)1(6)7/h1-6,9,12-14,20H,7-8,10-11,15H2;(H,6,7). The van der Waals surface area contributed by atoms with Gasteiger partial charge in [-0.05, 0) is 60.2 Å². The van der Waals surface area contributed by atoms with E-state index in [0.29, 0.717) is 0 Å². The number of carbonyl (C=O) groups is 1. The molecule has 1 aliphatic heterocycles. The van der Waals surface area contributed by atoms with Crippen LogP contribution in [0.4, 0.5) is 17.6 Å². The number of nitrogens with zero attached hydrogens (tertiary/aromatic N) is 2. The number of hydrogen-bond acceptors (Lipinski definition) is 4. The number of likely N-dealkylation sites (tertiary alicyclic amines) is 1. The molecule has 0 spiro atoms. The first-order valence-corrected chi connectivity index (χ1v) is 9.98. The van der Waals surface area contributed by atoms with Gasteiger partial charge >= 0.3 is 12.1 Å². The number of aromatic nitrogens is 1. The van der Waals surface area contributed by atoms with Crippen molar-refractivity contribution in [3.05, 3.63) is 72.3 Å². The predicted octanol–water partition coefficient (Wildman–Crippen LogP) is 5.05. The van der Waals surface area contributed by atoms with Crippen molar-refractivity contribution < 1.29 is 32.2 Å². The molecule has 1 fully saturated rings. The summed E-state index contributed by atoms with van der Waals surface area (Å²) in [7, 11) is 0. The number of aliphatic carboxylic acids is 1. The third-order valence-electron chi connectivity index (χ3n) is 4.99. The van der Waals surface area contributed by atoms with E-state index in [2.05, 4.69) is 22.0 Å². The first-order valence-electron chi connectivity index (χ1n) is 9.98. The first kappa shape index (κ1) is 23.5. The third kappa shape index (κ3) is 6.91. The normalized spacial score (nSPS) is 15.1. The monoisotopic (exact) mass is 450 g/mol. The molecule has 0 bridgehead atoms. The summed E-state index contributed by atoms with van der Waals surface area (Å²) in [6, 6.07) is 15.0. The van der Waals surface area contributed by atoms with Gasteiger partial charge in [-0.2, -0.15) is 13.2 Å². The van der Waals surface area contributed by atoms with Crippen molar-refractivity contribution in [2.45, 2.75) is 31.7 Å². The van der Waals surface area contributed by atoms with Crippen molar-refractivity contribution in [1.82, 2.24) is 9.88 Å². The van der Waals surface area contributed by atoms with E-state index >= 15 is 0 Å². The van der Waals surface area contributed by atoms with Gasteiger partial charge in [-0.3, -0.25) is 9.88 Å². The number of fused-ring (bicyclic) bond motifs is 1. The number of halogens is 4. The molecule has 0 saturated carbocycles. The van der Waals surface area contributed by atoms with Crippen molar-refractivity contribution in [3.8, 4) is 5.75 Å². The summed E-state index contributed by atoms with van der Waals surface area (Å²) in [6.07, 6.45) is 0.803. The maximum Gasteiger partial charge on any atom is 0.490 e. The summed E-state index contributed by atoms with van der Waals surface area (Å²) in [4.78, 5) is 15.4. The maximum absolute atomic E-state index is 13.3. The lowest BCUT2D eigenvalue weighted by molar-refractivity contribution is -0.192. The number of carboxylic acids is 1. The molecular weight excluding hydrogens is 428 g/mol. The molecule has 0 radical (unpaired) electrons. The Hall–Kier alpha value is -3.20. The van der Waals surface area contributed by atoms with Crippen LogP contribution >= 0.6 is 0 Å². The van der Waals surface area contributed by atoms with Crippen molar-refractivity contribution >= 4 is 16.7 Å². The van der Waals surface area contributed by atoms with Crippen molar-refractivity contribution in [1.29, 1.82) is 0 Å². The lowest BCUT2D eigenvalue weighted by atomic mass is 10.1. The van der Waals surface area contributed by atoms with E-state index in [9.17, 15) is 17.6 Å². The molecular formula is C23H22F4N2O3. The fourth-order valence-corrected chi connectivity index (χ4v) is 3.41. The number of carboxylic acid groups (broad SMARTS) is 1. The van der Waals surface area contributed by atoms with Gasteiger partial charge in [-0.15, -0.1) is 0 Å². The van der Waals surface area contributed by atoms with Crippen LogP contribution in [-0.2, 0) is 11.3 Å². The van der Waals surface area contributed by atoms with Crippen LogP contribution in [-0.4, -0.2) is 46.3 Å². The van der Waals surface area contributed by atoms with Crippen molar-refractivity contribution in [3.63, 3.8) is 0 Å². The zero-order chi connectivity index (χ0) is 23.1. The predicted molar refractivity (Wildman–Crippen MR) is 111 cm³/mol. The van der Waals surface area contributed by atoms with Gasteiger partial charge in [-0.1, -0.05) is 12.1 Å². The highest BCUT2D eigenvalue weighted by Gasteiger charge is 2.38. The molecule has 1 N–H and O–H groups in total. The zero-order valence-corrected chi connectivity index (χ0v) is 17.1. The average Bonchev–Trinajstić information content (AvgIpc) is 2.75. The molecule has 2 heterocycles. The minimum Gasteiger partial charge on any atom is -0.490 e. The highest BCUT2D eigenvalue weighted by atomic mass is 19.4. The smallest absolute Gasteiger partial charge is 0.490 e. The van der Waals surface area contributed by atoms with Gasteiger partial charge in [0.15, 0.2) is 0 Å². The number of piperidine rings is 1. The Bertz CT molecular complexity index is 1050. The van der Waals surface area contributed by atoms with Gasteiger partial charge < -0.3 is 9.84 Å². The zero-order valence-electron chi connectivity index (χ0n) is 17.1. The van der Waals surface area contributed by atoms with Crippen LogP contribution in [0.1, 0.15) is 18.4 Å². The largest absolute Gasteiger partial charge is 0.490 e. The molecule has 170 valence electrons. The Morgan fingerprint density at radius 1 is 1.09 bits per heavy atom. The highest BCUT2D eigenvalue weighted by molar-refractivity contribution is 5.82. The Morgan fingerprint density at radius 2 is 1.81 bits per heavy atom. The second kappa shape index (κ2) is 10.4. The third-order valence-corrected chi connectivity index (χ3v) is 4.99. The van der Waals surface area contributed by atoms with E-state index in [-0.39, 0.29) is 11.9 Å². The molecule has 0 unspecified atom stereocenters. The van der Waals surface area contributed by atoms with E-state index in [1.165, 1.54) is 6.07 Å². The maximum atomic E-state index is 13.3. The van der Waals surface area contributed by atoms with Gasteiger partial charge in [0.25, 0.3) is 0 Å². The topological polar surface area (TPSA) is 62.7 Å². The Morgan fingerprint density at radius 3 is 2.47 bits per heavy atom. The summed E-state index contributed by atoms with van der Waals surface area (Å²) >= 11 is 0. The molecule has 1 aliphatic rings. The van der Waals surface area contributed by atoms with Crippen LogP contribution in [0, 0.1) is 5.82 Å². The number of rotatable bonds is 4. The second-order valence-corrected chi connectivity index (χ2v) is 7.41. The minimum atomic E-state index is -5.08. The number of benzene rings is 2. The van der Waals surface area contributed by atoms with Crippen LogP contribution < -0.4 is 4.74 Å². The summed E-state index contributed by atoms with van der Waals surface area (Å²) in [6.45, 7) is 2.74. The van der Waals surface area contributed by atoms with Gasteiger partial charge in [-0.25, -0.2) is 9.18 Å². The Balaban J connectivity index is 0.000000360. The van der Waals surface area contributed by atoms with Gasteiger partial charge in [0, 0.05) is 37.4 Å². The molecule has 4 rings (SSSR count). The lowest BCUT2D eigenvalue weighted by Crippen LogP contribution is -2.37. The number of ether oxygens (including phenoxy) is 1. The molecule has 3 aromatic rings. The van der Waals surface area contributed by atoms with Crippen LogP contribution in [0.2, 0.25) is 0 Å². The molecule has 5 nitrogen and oxygen atoms in total. The molecule has 2 aromatic carbocycles. The molecule has 0 aliphatic carbocycles. The number of hydrogen-bond donors (Lipinski definition) is 1. The molecule has 9 heteroatoms. The molecule has 0 amide bonds. The minimum absolute atomic E-state index is 0.165. The Kier molecular flexibility index (Phi) is 7.63. The van der Waals surface area contributed by atoms with E-state index < -0.39 is 12.1 Å². The number of pyridine rings is 1. The summed E-state index contributed by atoms with van der Waals surface area (Å²) in [5, 5.41) is 9.40. The average molecular weight is 450 g/mol. The fraction of sp³-hybridized carbons (Fsp3) is 0.304. The quantitative estimate of drug-likeness (QED) is 0.564. The first-order chi connectivity index (χ1) is 15.2. The van der Waals surface area contributed by atoms with Crippen LogP contribution in [0.5, 0.6) is 5.75 Å². The summed E-state index contributed by atoms with van der Waals surface area (Å²) in [5.74, 6) is -2.00. The second-order valence-electron chi connectivity index (χ2n) is 7.41. The molecule has 0 atom stereocenters. The van der Waals surface area contributed by atoms with Crippen LogP contribution in [0.3, 0.4) is 0 Å². The SMILES string of the molecule is Fc1cccc(CN2CCC(Oc3ccc4cnccc4c3)CC2)c1.O=C(O)C(F)(F)F. The summed E-state index contributed by atoms with van der Waals surface area (Å²) in [5.41, 5.74) is 1.03. The van der Waals surface area contributed by atoms with Crippen molar-refractivity contribution in [2.24, 2.45) is 0 Å². The molecule has 1 aromatic heterocycles. The molecule has 32 heavy (non-hydrogen) atoms. The van der Waals surface area contributed by atoms with Crippen LogP contribution in [0.25, 0.3) is 10.8 Å². The number of alkyl halides is 3. The molecule has 1 saturated heterocycles. The van der Waals surface area contributed by atoms with Crippen molar-refractivity contribution in [2.75, 3.05) is 13.1 Å². The van der Waals surface area contributed by atoms with E-state index in [1.54, 1.807) is 18.3 Å². The van der Waals surface area contributed by atoms with Crippen LogP contribution in [0.15, 0.2) is 60.9 Å². The summed E-state index contributed by atoms with van der Waals surface area (Å²) < 4.78 is 51.2. The van der Waals surface area contributed by atoms with E-state index in [1.807, 2.05) is 24.4 Å². The fourth-order valence-electron chi connectivity index (χ4n) is 3.41. The van der Waals surface area contributed by atoms with Gasteiger partial charge in [0.2, 0.25) is 0 Å². The van der Waals surface area contributed by atoms with Gasteiger partial charge in [0.05, 0.1) is 0 Å². The van der Waals surface area contributed by atoms with E-state index in [4.69, 9.17) is 14.6 Å². The Labute approximate surface area is 182 Å².